The van der Waals surface area contributed by atoms with E-state index in [-0.39, 0.29) is 67.1 Å². The molecular weight excluding hydrogens is 463 g/mol. The monoisotopic (exact) mass is 491 g/mol. The molecule has 2 unspecified atom stereocenters. The van der Waals surface area contributed by atoms with Crippen LogP contribution in [0, 0.1) is 17.8 Å². The number of nitrogens with zero attached hydrogens (tertiary/aromatic N) is 4. The predicted octanol–water partition coefficient (Wildman–Crippen LogP) is 3.11. The van der Waals surface area contributed by atoms with Crippen LogP contribution < -0.4 is 5.32 Å². The average molecular weight is 492 g/mol. The van der Waals surface area contributed by atoms with E-state index in [1.54, 1.807) is 23.2 Å². The van der Waals surface area contributed by atoms with Crippen molar-refractivity contribution in [2.75, 3.05) is 6.54 Å². The SMILES string of the molecule is CC(=O)c1nn(CC(=O)N2[C@@H]3C[C@@H]3C[C@H]2C(=O)NCC2CCCC(C(F)(F)F)C2)c2ncccc12. The molecule has 1 saturated heterocycles. The van der Waals surface area contributed by atoms with Crippen LogP contribution in [0.25, 0.3) is 11.0 Å². The number of hydrogen-bond acceptors (Lipinski definition) is 5. The average Bonchev–Trinajstić information content (AvgIpc) is 3.32. The van der Waals surface area contributed by atoms with Gasteiger partial charge in [0.2, 0.25) is 11.8 Å². The lowest BCUT2D eigenvalue weighted by atomic mass is 9.81. The third kappa shape index (κ3) is 4.64. The molecule has 0 spiro atoms. The number of carbonyl (C=O) groups excluding carboxylic acids is 3. The minimum atomic E-state index is -4.20. The summed E-state index contributed by atoms with van der Waals surface area (Å²) in [6.45, 7) is 1.44. The molecule has 0 bridgehead atoms. The molecule has 1 N–H and O–H groups in total. The first-order valence-electron chi connectivity index (χ1n) is 12.1. The maximum Gasteiger partial charge on any atom is 0.391 e. The second-order valence-electron chi connectivity index (χ2n) is 10.1. The lowest BCUT2D eigenvalue weighted by Crippen LogP contribution is -2.50. The Morgan fingerprint density at radius 2 is 1.97 bits per heavy atom. The van der Waals surface area contributed by atoms with Gasteiger partial charge in [0.15, 0.2) is 11.4 Å². The number of Topliss-reactive ketones (excluding diaryl/α,β-unsaturated/α-hetero) is 1. The van der Waals surface area contributed by atoms with Crippen LogP contribution in [0.1, 0.15) is 55.9 Å². The molecule has 5 rings (SSSR count). The van der Waals surface area contributed by atoms with Crippen molar-refractivity contribution < 1.29 is 27.6 Å². The molecule has 5 atom stereocenters. The summed E-state index contributed by atoms with van der Waals surface area (Å²) >= 11 is 0. The van der Waals surface area contributed by atoms with Crippen molar-refractivity contribution >= 4 is 28.6 Å². The van der Waals surface area contributed by atoms with Gasteiger partial charge in [-0.15, -0.1) is 0 Å². The van der Waals surface area contributed by atoms with Crippen LogP contribution in [0.3, 0.4) is 0 Å². The highest BCUT2D eigenvalue weighted by atomic mass is 19.4. The molecule has 8 nitrogen and oxygen atoms in total. The summed E-state index contributed by atoms with van der Waals surface area (Å²) in [6, 6.07) is 2.77. The van der Waals surface area contributed by atoms with Crippen molar-refractivity contribution in [1.82, 2.24) is 25.0 Å². The number of likely N-dealkylation sites (tertiary alicyclic amines) is 1. The van der Waals surface area contributed by atoms with E-state index in [4.69, 9.17) is 0 Å². The third-order valence-corrected chi connectivity index (χ3v) is 7.63. The Kier molecular flexibility index (Phi) is 6.04. The fraction of sp³-hybridized carbons (Fsp3) is 0.625. The van der Waals surface area contributed by atoms with E-state index in [0.29, 0.717) is 30.3 Å². The maximum atomic E-state index is 13.3. The van der Waals surface area contributed by atoms with Crippen molar-refractivity contribution in [3.05, 3.63) is 24.0 Å². The smallest absolute Gasteiger partial charge is 0.354 e. The van der Waals surface area contributed by atoms with Gasteiger partial charge in [-0.25, -0.2) is 9.67 Å². The molecule has 2 aromatic rings. The number of halogens is 3. The van der Waals surface area contributed by atoms with E-state index in [2.05, 4.69) is 15.4 Å². The Morgan fingerprint density at radius 1 is 1.17 bits per heavy atom. The van der Waals surface area contributed by atoms with Gasteiger partial charge in [0.05, 0.1) is 11.3 Å². The van der Waals surface area contributed by atoms with Gasteiger partial charge < -0.3 is 10.2 Å². The molecule has 35 heavy (non-hydrogen) atoms. The van der Waals surface area contributed by atoms with Gasteiger partial charge in [-0.05, 0) is 56.1 Å². The third-order valence-electron chi connectivity index (χ3n) is 7.63. The lowest BCUT2D eigenvalue weighted by molar-refractivity contribution is -0.185. The second kappa shape index (κ2) is 8.91. The summed E-state index contributed by atoms with van der Waals surface area (Å²) in [7, 11) is 0. The number of rotatable bonds is 6. The van der Waals surface area contributed by atoms with E-state index in [9.17, 15) is 27.6 Å². The lowest BCUT2D eigenvalue weighted by Gasteiger charge is -2.31. The summed E-state index contributed by atoms with van der Waals surface area (Å²) in [5, 5.41) is 7.69. The minimum Gasteiger partial charge on any atom is -0.354 e. The molecule has 2 aliphatic carbocycles. The fourth-order valence-corrected chi connectivity index (χ4v) is 5.78. The molecule has 0 aromatic carbocycles. The summed E-state index contributed by atoms with van der Waals surface area (Å²) in [4.78, 5) is 44.1. The molecule has 3 aliphatic rings. The Morgan fingerprint density at radius 3 is 2.71 bits per heavy atom. The second-order valence-corrected chi connectivity index (χ2v) is 10.1. The van der Waals surface area contributed by atoms with Crippen LogP contribution in [0.2, 0.25) is 0 Å². The molecule has 3 fully saturated rings. The number of ketones is 1. The number of hydrogen-bond donors (Lipinski definition) is 1. The normalized spacial score (nSPS) is 28.1. The Hall–Kier alpha value is -2.98. The van der Waals surface area contributed by atoms with Gasteiger partial charge in [0.25, 0.3) is 0 Å². The molecule has 3 heterocycles. The Balaban J connectivity index is 1.25. The number of aromatic nitrogens is 3. The van der Waals surface area contributed by atoms with Gasteiger partial charge in [0.1, 0.15) is 18.3 Å². The molecule has 2 amide bonds. The van der Waals surface area contributed by atoms with Crippen molar-refractivity contribution in [2.24, 2.45) is 17.8 Å². The predicted molar refractivity (Wildman–Crippen MR) is 119 cm³/mol. The zero-order valence-electron chi connectivity index (χ0n) is 19.4. The highest BCUT2D eigenvalue weighted by Crippen LogP contribution is 2.48. The first kappa shape index (κ1) is 23.7. The summed E-state index contributed by atoms with van der Waals surface area (Å²) < 4.78 is 40.7. The molecule has 0 radical (unpaired) electrons. The number of fused-ring (bicyclic) bond motifs is 2. The molecule has 2 aromatic heterocycles. The summed E-state index contributed by atoms with van der Waals surface area (Å²) in [6.07, 6.45) is 0.0705. The Bertz CT molecular complexity index is 1160. The Labute approximate surface area is 200 Å². The highest BCUT2D eigenvalue weighted by molar-refractivity contribution is 6.04. The van der Waals surface area contributed by atoms with E-state index >= 15 is 0 Å². The topological polar surface area (TPSA) is 97.2 Å². The molecule has 2 saturated carbocycles. The van der Waals surface area contributed by atoms with Crippen molar-refractivity contribution in [2.45, 2.75) is 70.3 Å². The van der Waals surface area contributed by atoms with Crippen molar-refractivity contribution in [3.63, 3.8) is 0 Å². The quantitative estimate of drug-likeness (QED) is 0.627. The first-order chi connectivity index (χ1) is 16.6. The van der Waals surface area contributed by atoms with Crippen molar-refractivity contribution in [3.8, 4) is 0 Å². The van der Waals surface area contributed by atoms with E-state index in [1.165, 1.54) is 11.6 Å². The number of piperidine rings is 1. The van der Waals surface area contributed by atoms with Crippen LogP contribution in [-0.2, 0) is 16.1 Å². The molecular formula is C24H28F3N5O3. The van der Waals surface area contributed by atoms with Crippen molar-refractivity contribution in [1.29, 1.82) is 0 Å². The zero-order chi connectivity index (χ0) is 24.9. The largest absolute Gasteiger partial charge is 0.391 e. The number of alkyl halides is 3. The standard InChI is InChI=1S/C24H28F3N5O3/c1-13(33)21-17-6-3-7-28-22(17)31(30-21)12-20(34)32-18-9-15(18)10-19(32)23(35)29-11-14-4-2-5-16(8-14)24(25,26)27/h3,6-7,14-16,18-19H,2,4-5,8-12H2,1H3,(H,29,35)/t14?,15-,16?,18-,19+/m1/s1. The van der Waals surface area contributed by atoms with E-state index in [1.807, 2.05) is 0 Å². The van der Waals surface area contributed by atoms with Crippen LogP contribution in [0.4, 0.5) is 13.2 Å². The number of nitrogens with one attached hydrogen (secondary N) is 1. The van der Waals surface area contributed by atoms with Gasteiger partial charge in [-0.3, -0.25) is 14.4 Å². The van der Waals surface area contributed by atoms with E-state index < -0.39 is 18.1 Å². The van der Waals surface area contributed by atoms with Crippen LogP contribution in [0.5, 0.6) is 0 Å². The van der Waals surface area contributed by atoms with E-state index in [0.717, 1.165) is 6.42 Å². The first-order valence-corrected chi connectivity index (χ1v) is 12.1. The molecule has 11 heteroatoms. The van der Waals surface area contributed by atoms with Gasteiger partial charge in [0, 0.05) is 25.7 Å². The van der Waals surface area contributed by atoms with Gasteiger partial charge in [-0.2, -0.15) is 18.3 Å². The molecule has 188 valence electrons. The number of amides is 2. The minimum absolute atomic E-state index is 0.00963. The van der Waals surface area contributed by atoms with Gasteiger partial charge in [-0.1, -0.05) is 6.42 Å². The van der Waals surface area contributed by atoms with Gasteiger partial charge >= 0.3 is 6.18 Å². The summed E-state index contributed by atoms with van der Waals surface area (Å²) in [5.74, 6) is -2.09. The molecule has 1 aliphatic heterocycles. The maximum absolute atomic E-state index is 13.3. The number of pyridine rings is 1. The summed E-state index contributed by atoms with van der Waals surface area (Å²) in [5.41, 5.74) is 0.667. The number of carbonyl (C=O) groups is 3. The highest BCUT2D eigenvalue weighted by Gasteiger charge is 2.56. The fourth-order valence-electron chi connectivity index (χ4n) is 5.78. The zero-order valence-corrected chi connectivity index (χ0v) is 19.4. The van der Waals surface area contributed by atoms with Crippen LogP contribution in [0.15, 0.2) is 18.3 Å². The van der Waals surface area contributed by atoms with Crippen LogP contribution >= 0.6 is 0 Å². The van der Waals surface area contributed by atoms with Crippen LogP contribution in [-0.4, -0.2) is 62.1 Å².